The highest BCUT2D eigenvalue weighted by molar-refractivity contribution is 7.90. The molecule has 0 aliphatic carbocycles. The molecule has 8 heteroatoms. The summed E-state index contributed by atoms with van der Waals surface area (Å²) >= 11 is 0. The number of benzene rings is 1. The predicted molar refractivity (Wildman–Crippen MR) is 84.7 cm³/mol. The summed E-state index contributed by atoms with van der Waals surface area (Å²) in [5, 5.41) is 8.37. The van der Waals surface area contributed by atoms with E-state index in [2.05, 4.69) is 4.72 Å². The van der Waals surface area contributed by atoms with Gasteiger partial charge in [0, 0.05) is 19.6 Å². The molecule has 23 heavy (non-hydrogen) atoms. The summed E-state index contributed by atoms with van der Waals surface area (Å²) in [6, 6.07) is 6.20. The van der Waals surface area contributed by atoms with E-state index in [1.54, 1.807) is 19.1 Å². The Labute approximate surface area is 135 Å². The maximum atomic E-state index is 12.3. The lowest BCUT2D eigenvalue weighted by Gasteiger charge is -2.17. The number of carbonyl (C=O) groups excluding carboxylic acids is 1. The van der Waals surface area contributed by atoms with E-state index >= 15 is 0 Å². The molecule has 0 aromatic heterocycles. The summed E-state index contributed by atoms with van der Waals surface area (Å²) in [6.45, 7) is 2.61. The van der Waals surface area contributed by atoms with Gasteiger partial charge in [-0.05, 0) is 24.1 Å². The van der Waals surface area contributed by atoms with Gasteiger partial charge in [-0.2, -0.15) is 0 Å². The van der Waals surface area contributed by atoms with E-state index in [1.165, 1.54) is 17.0 Å². The van der Waals surface area contributed by atoms with Crippen LogP contribution in [0, 0.1) is 0 Å². The van der Waals surface area contributed by atoms with Gasteiger partial charge in [0.2, 0.25) is 15.9 Å². The Bertz CT molecular complexity index is 702. The highest BCUT2D eigenvalue weighted by atomic mass is 32.2. The van der Waals surface area contributed by atoms with Gasteiger partial charge in [-0.3, -0.25) is 4.79 Å². The van der Waals surface area contributed by atoms with E-state index in [0.717, 1.165) is 0 Å². The first kappa shape index (κ1) is 17.4. The number of carboxylic acids is 1. The molecular formula is C15H20N2O5S. The van der Waals surface area contributed by atoms with Crippen LogP contribution in [0.25, 0.3) is 0 Å². The van der Waals surface area contributed by atoms with Crippen LogP contribution in [0.15, 0.2) is 24.3 Å². The Balaban J connectivity index is 2.00. The highest BCUT2D eigenvalue weighted by Gasteiger charge is 2.34. The van der Waals surface area contributed by atoms with Crippen LogP contribution in [0.1, 0.15) is 29.3 Å². The predicted octanol–water partition coefficient (Wildman–Crippen LogP) is 0.468. The first-order valence-corrected chi connectivity index (χ1v) is 8.96. The largest absolute Gasteiger partial charge is 0.478 e. The van der Waals surface area contributed by atoms with E-state index in [0.29, 0.717) is 25.1 Å². The molecule has 0 radical (unpaired) electrons. The molecule has 2 rings (SSSR count). The number of likely N-dealkylation sites (tertiary alicyclic amines) is 1. The van der Waals surface area contributed by atoms with Gasteiger partial charge in [0.1, 0.15) is 0 Å². The molecule has 2 N–H and O–H groups in total. The molecule has 1 fully saturated rings. The van der Waals surface area contributed by atoms with E-state index in [1.807, 2.05) is 0 Å². The van der Waals surface area contributed by atoms with Crippen LogP contribution >= 0.6 is 0 Å². The van der Waals surface area contributed by atoms with Crippen LogP contribution < -0.4 is 4.72 Å². The lowest BCUT2D eigenvalue weighted by atomic mass is 10.1. The zero-order valence-electron chi connectivity index (χ0n) is 12.9. The first-order chi connectivity index (χ1) is 10.8. The van der Waals surface area contributed by atoms with E-state index in [9.17, 15) is 18.0 Å². The lowest BCUT2D eigenvalue weighted by Crippen LogP contribution is -2.38. The molecule has 1 unspecified atom stereocenters. The third-order valence-electron chi connectivity index (χ3n) is 3.81. The summed E-state index contributed by atoms with van der Waals surface area (Å²) in [7, 11) is -3.39. The Morgan fingerprint density at radius 3 is 2.78 bits per heavy atom. The van der Waals surface area contributed by atoms with E-state index in [-0.39, 0.29) is 24.4 Å². The second-order valence-corrected chi connectivity index (χ2v) is 7.52. The van der Waals surface area contributed by atoms with Gasteiger partial charge in [0.15, 0.2) is 0 Å². The number of nitrogens with one attached hydrogen (secondary N) is 1. The quantitative estimate of drug-likeness (QED) is 0.783. The average Bonchev–Trinajstić information content (AvgIpc) is 2.98. The van der Waals surface area contributed by atoms with Crippen LogP contribution in [0.4, 0.5) is 0 Å². The van der Waals surface area contributed by atoms with Crippen LogP contribution in [0.3, 0.4) is 0 Å². The second-order valence-electron chi connectivity index (χ2n) is 5.48. The number of sulfonamides is 1. The Morgan fingerprint density at radius 1 is 1.39 bits per heavy atom. The Morgan fingerprint density at radius 2 is 2.13 bits per heavy atom. The number of rotatable bonds is 6. The topological polar surface area (TPSA) is 104 Å². The molecule has 1 heterocycles. The zero-order chi connectivity index (χ0) is 17.0. The van der Waals surface area contributed by atoms with Gasteiger partial charge in [0.05, 0.1) is 17.2 Å². The van der Waals surface area contributed by atoms with Gasteiger partial charge in [-0.1, -0.05) is 19.1 Å². The van der Waals surface area contributed by atoms with Crippen LogP contribution in [-0.4, -0.2) is 55.2 Å². The second kappa shape index (κ2) is 7.10. The van der Waals surface area contributed by atoms with Crippen molar-refractivity contribution in [2.24, 2.45) is 0 Å². The molecular weight excluding hydrogens is 320 g/mol. The van der Waals surface area contributed by atoms with Crippen molar-refractivity contribution in [2.45, 2.75) is 25.0 Å². The number of carboxylic acid groups (broad SMARTS) is 1. The summed E-state index contributed by atoms with van der Waals surface area (Å²) < 4.78 is 26.4. The van der Waals surface area contributed by atoms with Crippen molar-refractivity contribution < 1.29 is 23.1 Å². The van der Waals surface area contributed by atoms with Crippen LogP contribution in [-0.2, 0) is 21.2 Å². The highest BCUT2D eigenvalue weighted by Crippen LogP contribution is 2.18. The number of carbonyl (C=O) groups is 2. The third-order valence-corrected chi connectivity index (χ3v) is 5.76. The van der Waals surface area contributed by atoms with Gasteiger partial charge in [0.25, 0.3) is 0 Å². The minimum Gasteiger partial charge on any atom is -0.478 e. The number of amides is 1. The molecule has 1 atom stereocenters. The summed E-state index contributed by atoms with van der Waals surface area (Å²) in [4.78, 5) is 24.8. The molecule has 1 aromatic rings. The van der Waals surface area contributed by atoms with Crippen molar-refractivity contribution in [2.75, 3.05) is 19.6 Å². The third kappa shape index (κ3) is 4.29. The maximum Gasteiger partial charge on any atom is 0.335 e. The van der Waals surface area contributed by atoms with Crippen molar-refractivity contribution in [3.63, 3.8) is 0 Å². The summed E-state index contributed by atoms with van der Waals surface area (Å²) in [5.41, 5.74) is 0.734. The summed E-state index contributed by atoms with van der Waals surface area (Å²) in [5.74, 6) is -1.24. The number of hydrogen-bond donors (Lipinski definition) is 2. The molecule has 1 aliphatic heterocycles. The zero-order valence-corrected chi connectivity index (χ0v) is 13.7. The van der Waals surface area contributed by atoms with Gasteiger partial charge in [-0.15, -0.1) is 0 Å². The minimum absolute atomic E-state index is 0.0646. The average molecular weight is 340 g/mol. The number of aromatic carboxylic acids is 1. The lowest BCUT2D eigenvalue weighted by molar-refractivity contribution is -0.129. The van der Waals surface area contributed by atoms with Gasteiger partial charge >= 0.3 is 5.97 Å². The van der Waals surface area contributed by atoms with E-state index in [4.69, 9.17) is 5.11 Å². The van der Waals surface area contributed by atoms with Crippen molar-refractivity contribution in [1.82, 2.24) is 9.62 Å². The SMILES string of the molecule is CCNS(=O)(=O)C1CCN(C(=O)Cc2cccc(C(=O)O)c2)C1. The molecule has 0 spiro atoms. The molecule has 1 aromatic carbocycles. The maximum absolute atomic E-state index is 12.3. The van der Waals surface area contributed by atoms with Crippen LogP contribution in [0.5, 0.6) is 0 Å². The number of hydrogen-bond acceptors (Lipinski definition) is 4. The van der Waals surface area contributed by atoms with Gasteiger partial charge in [-0.25, -0.2) is 17.9 Å². The molecule has 7 nitrogen and oxygen atoms in total. The fraction of sp³-hybridized carbons (Fsp3) is 0.467. The molecule has 0 saturated carbocycles. The minimum atomic E-state index is -3.39. The normalized spacial score (nSPS) is 18.1. The molecule has 1 amide bonds. The monoisotopic (exact) mass is 340 g/mol. The standard InChI is InChI=1S/C15H20N2O5S/c1-2-16-23(21,22)13-6-7-17(10-13)14(18)9-11-4-3-5-12(8-11)15(19)20/h3-5,8,13,16H,2,6-7,9-10H2,1H3,(H,19,20). The Kier molecular flexibility index (Phi) is 5.38. The molecule has 0 bridgehead atoms. The smallest absolute Gasteiger partial charge is 0.335 e. The summed E-state index contributed by atoms with van der Waals surface area (Å²) in [6.07, 6.45) is 0.478. The van der Waals surface area contributed by atoms with Gasteiger partial charge < -0.3 is 10.0 Å². The van der Waals surface area contributed by atoms with Crippen molar-refractivity contribution in [3.8, 4) is 0 Å². The van der Waals surface area contributed by atoms with Crippen molar-refractivity contribution >= 4 is 21.9 Å². The fourth-order valence-electron chi connectivity index (χ4n) is 2.63. The molecule has 1 saturated heterocycles. The van der Waals surface area contributed by atoms with Crippen molar-refractivity contribution in [1.29, 1.82) is 0 Å². The molecule has 126 valence electrons. The first-order valence-electron chi connectivity index (χ1n) is 7.42. The van der Waals surface area contributed by atoms with Crippen LogP contribution in [0.2, 0.25) is 0 Å². The van der Waals surface area contributed by atoms with E-state index < -0.39 is 21.2 Å². The molecule has 1 aliphatic rings. The number of nitrogens with zero attached hydrogens (tertiary/aromatic N) is 1. The Hall–Kier alpha value is -1.93. The van der Waals surface area contributed by atoms with Crippen molar-refractivity contribution in [3.05, 3.63) is 35.4 Å². The fourth-order valence-corrected chi connectivity index (χ4v) is 4.06.